The second-order valence-electron chi connectivity index (χ2n) is 12.6. The molecule has 0 saturated heterocycles. The summed E-state index contributed by atoms with van der Waals surface area (Å²) in [6.07, 6.45) is 25.3. The molecule has 0 spiro atoms. The highest BCUT2D eigenvalue weighted by Gasteiger charge is 2.20. The predicted octanol–water partition coefficient (Wildman–Crippen LogP) is 7.64. The third-order valence-electron chi connectivity index (χ3n) is 8.52. The van der Waals surface area contributed by atoms with Crippen molar-refractivity contribution >= 4 is 0 Å². The van der Waals surface area contributed by atoms with Crippen LogP contribution in [0.1, 0.15) is 149 Å². The Balaban J connectivity index is 4.34. The van der Waals surface area contributed by atoms with Crippen molar-refractivity contribution < 1.29 is 10.2 Å². The summed E-state index contributed by atoms with van der Waals surface area (Å²) in [6.45, 7) is 12.0. The van der Waals surface area contributed by atoms with Crippen molar-refractivity contribution in [3.8, 4) is 0 Å². The Hall–Kier alpha value is -0.200. The third-order valence-corrected chi connectivity index (χ3v) is 8.52. The summed E-state index contributed by atoms with van der Waals surface area (Å²) in [6, 6.07) is 0. The summed E-state index contributed by atoms with van der Waals surface area (Å²) < 4.78 is 0. The zero-order valence-electron chi connectivity index (χ0n) is 27.4. The van der Waals surface area contributed by atoms with Crippen LogP contribution in [0.3, 0.4) is 0 Å². The van der Waals surface area contributed by atoms with Gasteiger partial charge < -0.3 is 20.4 Å². The average molecular weight is 556 g/mol. The Morgan fingerprint density at radius 2 is 1.05 bits per heavy atom. The monoisotopic (exact) mass is 556 g/mol. The molecule has 0 heterocycles. The lowest BCUT2D eigenvalue weighted by Gasteiger charge is -2.31. The summed E-state index contributed by atoms with van der Waals surface area (Å²) >= 11 is 0. The molecule has 0 amide bonds. The van der Waals surface area contributed by atoms with Gasteiger partial charge in [0.1, 0.15) is 0 Å². The Morgan fingerprint density at radius 3 is 1.54 bits per heavy atom. The van der Waals surface area contributed by atoms with Crippen LogP contribution in [0.4, 0.5) is 0 Å². The molecule has 3 atom stereocenters. The molecular weight excluding hydrogens is 482 g/mol. The fraction of sp³-hybridized carbons (Fsp3) is 1.00. The maximum atomic E-state index is 11.0. The first kappa shape index (κ1) is 38.8. The molecule has 5 nitrogen and oxygen atoms in total. The number of likely N-dealkylation sites (N-methyl/N-ethyl adjacent to an activating group) is 2. The molecule has 0 radical (unpaired) electrons. The van der Waals surface area contributed by atoms with Crippen LogP contribution >= 0.6 is 0 Å². The summed E-state index contributed by atoms with van der Waals surface area (Å²) in [7, 11) is 4.16. The SMILES string of the molecule is CCCCCCCCCCCCC(O)CN(CCN(C)CCNC)CC(O)C(C)CCCCCCCCCC. The van der Waals surface area contributed by atoms with E-state index in [4.69, 9.17) is 0 Å². The predicted molar refractivity (Wildman–Crippen MR) is 173 cm³/mol. The maximum absolute atomic E-state index is 11.0. The van der Waals surface area contributed by atoms with Crippen LogP contribution in [0.25, 0.3) is 0 Å². The van der Waals surface area contributed by atoms with Crippen molar-refractivity contribution in [2.24, 2.45) is 5.92 Å². The smallest absolute Gasteiger partial charge is 0.0692 e. The van der Waals surface area contributed by atoms with Crippen molar-refractivity contribution in [3.05, 3.63) is 0 Å². The molecule has 0 aromatic carbocycles. The van der Waals surface area contributed by atoms with Crippen LogP contribution in [-0.4, -0.2) is 85.6 Å². The lowest BCUT2D eigenvalue weighted by Crippen LogP contribution is -2.44. The summed E-state index contributed by atoms with van der Waals surface area (Å²) in [5.74, 6) is 0.314. The molecule has 236 valence electrons. The van der Waals surface area contributed by atoms with Gasteiger partial charge in [-0.25, -0.2) is 0 Å². The number of aliphatic hydroxyl groups excluding tert-OH is 2. The van der Waals surface area contributed by atoms with Crippen molar-refractivity contribution in [2.75, 3.05) is 53.4 Å². The number of nitrogens with zero attached hydrogens (tertiary/aromatic N) is 2. The Bertz CT molecular complexity index is 479. The van der Waals surface area contributed by atoms with Crippen LogP contribution in [0.2, 0.25) is 0 Å². The summed E-state index contributed by atoms with van der Waals surface area (Å²) in [5, 5.41) is 25.1. The minimum absolute atomic E-state index is 0.295. The highest BCUT2D eigenvalue weighted by atomic mass is 16.3. The van der Waals surface area contributed by atoms with Crippen molar-refractivity contribution in [3.63, 3.8) is 0 Å². The fourth-order valence-corrected chi connectivity index (χ4v) is 5.48. The maximum Gasteiger partial charge on any atom is 0.0692 e. The van der Waals surface area contributed by atoms with Gasteiger partial charge in [0.2, 0.25) is 0 Å². The van der Waals surface area contributed by atoms with E-state index in [1.807, 2.05) is 7.05 Å². The molecule has 0 aromatic heterocycles. The van der Waals surface area contributed by atoms with E-state index in [2.05, 4.69) is 42.9 Å². The van der Waals surface area contributed by atoms with Crippen LogP contribution < -0.4 is 5.32 Å². The number of hydrogen-bond acceptors (Lipinski definition) is 5. The van der Waals surface area contributed by atoms with Gasteiger partial charge in [0.25, 0.3) is 0 Å². The second-order valence-corrected chi connectivity index (χ2v) is 12.6. The van der Waals surface area contributed by atoms with Gasteiger partial charge in [0.05, 0.1) is 12.2 Å². The largest absolute Gasteiger partial charge is 0.392 e. The first-order valence-electron chi connectivity index (χ1n) is 17.4. The van der Waals surface area contributed by atoms with Gasteiger partial charge in [-0.1, -0.05) is 136 Å². The van der Waals surface area contributed by atoms with Gasteiger partial charge in [0.15, 0.2) is 0 Å². The van der Waals surface area contributed by atoms with E-state index in [1.54, 1.807) is 0 Å². The van der Waals surface area contributed by atoms with E-state index >= 15 is 0 Å². The third kappa shape index (κ3) is 26.4. The van der Waals surface area contributed by atoms with Crippen LogP contribution in [0.15, 0.2) is 0 Å². The molecule has 0 aromatic rings. The van der Waals surface area contributed by atoms with Gasteiger partial charge in [-0.3, -0.25) is 4.90 Å². The van der Waals surface area contributed by atoms with E-state index in [0.717, 1.165) is 45.4 Å². The van der Waals surface area contributed by atoms with E-state index in [1.165, 1.54) is 109 Å². The minimum atomic E-state index is -0.318. The lowest BCUT2D eigenvalue weighted by atomic mass is 9.96. The number of aliphatic hydroxyl groups is 2. The molecule has 0 bridgehead atoms. The molecular formula is C34H73N3O2. The normalized spacial score (nSPS) is 14.4. The van der Waals surface area contributed by atoms with E-state index in [9.17, 15) is 10.2 Å². The van der Waals surface area contributed by atoms with Crippen molar-refractivity contribution in [1.29, 1.82) is 0 Å². The van der Waals surface area contributed by atoms with Crippen molar-refractivity contribution in [1.82, 2.24) is 15.1 Å². The summed E-state index contributed by atoms with van der Waals surface area (Å²) in [4.78, 5) is 4.67. The molecule has 3 unspecified atom stereocenters. The molecule has 0 aliphatic heterocycles. The van der Waals surface area contributed by atoms with Gasteiger partial charge in [-0.2, -0.15) is 0 Å². The molecule has 0 aliphatic rings. The lowest BCUT2D eigenvalue weighted by molar-refractivity contribution is 0.0365. The van der Waals surface area contributed by atoms with Crippen molar-refractivity contribution in [2.45, 2.75) is 161 Å². The average Bonchev–Trinajstić information content (AvgIpc) is 2.92. The van der Waals surface area contributed by atoms with Crippen LogP contribution in [-0.2, 0) is 0 Å². The highest BCUT2D eigenvalue weighted by Crippen LogP contribution is 2.17. The van der Waals surface area contributed by atoms with E-state index in [0.29, 0.717) is 19.0 Å². The van der Waals surface area contributed by atoms with Gasteiger partial charge in [-0.15, -0.1) is 0 Å². The standard InChI is InChI=1S/C34H73N3O2/c1-6-8-10-12-14-16-17-19-21-23-25-33(38)30-37(29-28-36(5)27-26-35-4)31-34(39)32(3)24-22-20-18-15-13-11-9-7-2/h32-35,38-39H,6-31H2,1-5H3. The molecule has 39 heavy (non-hydrogen) atoms. The first-order chi connectivity index (χ1) is 18.9. The zero-order valence-corrected chi connectivity index (χ0v) is 27.4. The van der Waals surface area contributed by atoms with Gasteiger partial charge >= 0.3 is 0 Å². The van der Waals surface area contributed by atoms with Crippen LogP contribution in [0.5, 0.6) is 0 Å². The Labute approximate surface area is 245 Å². The Kier molecular flexibility index (Phi) is 29.1. The highest BCUT2D eigenvalue weighted by molar-refractivity contribution is 4.74. The Morgan fingerprint density at radius 1 is 0.590 bits per heavy atom. The number of unbranched alkanes of at least 4 members (excludes halogenated alkanes) is 16. The molecule has 0 saturated carbocycles. The molecule has 0 rings (SSSR count). The zero-order chi connectivity index (χ0) is 29.0. The summed E-state index contributed by atoms with van der Waals surface area (Å²) in [5.41, 5.74) is 0. The topological polar surface area (TPSA) is 59.0 Å². The fourth-order valence-electron chi connectivity index (χ4n) is 5.48. The first-order valence-corrected chi connectivity index (χ1v) is 17.4. The minimum Gasteiger partial charge on any atom is -0.392 e. The molecule has 5 heteroatoms. The quantitative estimate of drug-likeness (QED) is 0.0767. The van der Waals surface area contributed by atoms with E-state index < -0.39 is 0 Å². The second kappa shape index (κ2) is 29.3. The molecule has 0 fully saturated rings. The number of hydrogen-bond donors (Lipinski definition) is 3. The molecule has 3 N–H and O–H groups in total. The van der Waals surface area contributed by atoms with Crippen LogP contribution in [0, 0.1) is 5.92 Å². The number of rotatable bonds is 31. The van der Waals surface area contributed by atoms with Gasteiger partial charge in [0, 0.05) is 39.3 Å². The number of nitrogens with one attached hydrogen (secondary N) is 1. The van der Waals surface area contributed by atoms with Gasteiger partial charge in [-0.05, 0) is 32.9 Å². The van der Waals surface area contributed by atoms with E-state index in [-0.39, 0.29) is 12.2 Å². The molecule has 0 aliphatic carbocycles.